The van der Waals surface area contributed by atoms with E-state index < -0.39 is 10.0 Å². The second-order valence-corrected chi connectivity index (χ2v) is 8.00. The van der Waals surface area contributed by atoms with Crippen LogP contribution in [0.15, 0.2) is 48.5 Å². The van der Waals surface area contributed by atoms with E-state index in [1.807, 2.05) is 36.4 Å². The molecule has 2 aromatic rings. The van der Waals surface area contributed by atoms with Crippen LogP contribution in [0.3, 0.4) is 0 Å². The standard InChI is InChI=1S/C19H24N2O3S/c1-24-19-11-10-17(21-12-6-3-7-13-21)14-18(19)20-25(22,23)15-16-8-4-2-5-9-16/h2,4-5,8-11,14,20H,3,6-7,12-13,15H2,1H3. The molecule has 0 atom stereocenters. The van der Waals surface area contributed by atoms with Gasteiger partial charge in [-0.05, 0) is 43.0 Å². The van der Waals surface area contributed by atoms with Crippen molar-refractivity contribution in [2.45, 2.75) is 25.0 Å². The van der Waals surface area contributed by atoms with Gasteiger partial charge in [-0.3, -0.25) is 4.72 Å². The molecule has 0 saturated carbocycles. The third kappa shape index (κ3) is 4.66. The van der Waals surface area contributed by atoms with Crippen LogP contribution >= 0.6 is 0 Å². The fourth-order valence-corrected chi connectivity index (χ4v) is 4.32. The van der Waals surface area contributed by atoms with Crippen molar-refractivity contribution in [1.82, 2.24) is 0 Å². The number of sulfonamides is 1. The van der Waals surface area contributed by atoms with E-state index in [4.69, 9.17) is 4.74 Å². The zero-order valence-corrected chi connectivity index (χ0v) is 15.3. The van der Waals surface area contributed by atoms with Crippen molar-refractivity contribution in [3.05, 3.63) is 54.1 Å². The van der Waals surface area contributed by atoms with Gasteiger partial charge < -0.3 is 9.64 Å². The predicted molar refractivity (Wildman–Crippen MR) is 102 cm³/mol. The summed E-state index contributed by atoms with van der Waals surface area (Å²) in [5.41, 5.74) is 2.26. The van der Waals surface area contributed by atoms with Crippen molar-refractivity contribution in [2.75, 3.05) is 29.8 Å². The molecule has 25 heavy (non-hydrogen) atoms. The van der Waals surface area contributed by atoms with Gasteiger partial charge >= 0.3 is 0 Å². The molecule has 1 N–H and O–H groups in total. The van der Waals surface area contributed by atoms with Crippen molar-refractivity contribution in [1.29, 1.82) is 0 Å². The first-order valence-corrected chi connectivity index (χ1v) is 10.2. The third-order valence-electron chi connectivity index (χ3n) is 4.37. The number of anilines is 2. The lowest BCUT2D eigenvalue weighted by Crippen LogP contribution is -2.29. The maximum absolute atomic E-state index is 12.5. The normalized spacial score (nSPS) is 15.0. The summed E-state index contributed by atoms with van der Waals surface area (Å²) in [6.45, 7) is 2.01. The topological polar surface area (TPSA) is 58.6 Å². The molecule has 0 radical (unpaired) electrons. The van der Waals surface area contributed by atoms with E-state index in [1.165, 1.54) is 19.3 Å². The van der Waals surface area contributed by atoms with Crippen molar-refractivity contribution in [3.8, 4) is 5.75 Å². The number of piperidine rings is 1. The van der Waals surface area contributed by atoms with Crippen LogP contribution in [0.5, 0.6) is 5.75 Å². The van der Waals surface area contributed by atoms with Gasteiger partial charge in [0.1, 0.15) is 5.75 Å². The molecule has 1 aliphatic rings. The molecule has 6 heteroatoms. The van der Waals surface area contributed by atoms with Gasteiger partial charge in [0.25, 0.3) is 0 Å². The number of nitrogens with zero attached hydrogens (tertiary/aromatic N) is 1. The Balaban J connectivity index is 1.82. The highest BCUT2D eigenvalue weighted by molar-refractivity contribution is 7.91. The summed E-state index contributed by atoms with van der Waals surface area (Å²) >= 11 is 0. The number of benzene rings is 2. The number of rotatable bonds is 6. The summed E-state index contributed by atoms with van der Waals surface area (Å²) < 4.78 is 33.1. The second kappa shape index (κ2) is 7.78. The maximum Gasteiger partial charge on any atom is 0.237 e. The Bertz CT molecular complexity index is 801. The molecule has 1 aliphatic heterocycles. The zero-order valence-electron chi connectivity index (χ0n) is 14.4. The lowest BCUT2D eigenvalue weighted by atomic mass is 10.1. The molecule has 1 heterocycles. The van der Waals surface area contributed by atoms with Gasteiger partial charge in [0.05, 0.1) is 18.6 Å². The minimum absolute atomic E-state index is 0.0645. The smallest absolute Gasteiger partial charge is 0.237 e. The van der Waals surface area contributed by atoms with Crippen LogP contribution in [-0.4, -0.2) is 28.6 Å². The van der Waals surface area contributed by atoms with Crippen molar-refractivity contribution >= 4 is 21.4 Å². The molecule has 2 aromatic carbocycles. The third-order valence-corrected chi connectivity index (χ3v) is 5.61. The maximum atomic E-state index is 12.5. The lowest BCUT2D eigenvalue weighted by molar-refractivity contribution is 0.417. The Kier molecular flexibility index (Phi) is 5.48. The van der Waals surface area contributed by atoms with Crippen LogP contribution in [0.25, 0.3) is 0 Å². The van der Waals surface area contributed by atoms with Gasteiger partial charge in [-0.1, -0.05) is 30.3 Å². The summed E-state index contributed by atoms with van der Waals surface area (Å²) in [5, 5.41) is 0. The molecule has 1 saturated heterocycles. The second-order valence-electron chi connectivity index (χ2n) is 6.28. The predicted octanol–water partition coefficient (Wildman–Crippen LogP) is 3.63. The van der Waals surface area contributed by atoms with Crippen molar-refractivity contribution in [3.63, 3.8) is 0 Å². The highest BCUT2D eigenvalue weighted by atomic mass is 32.2. The van der Waals surface area contributed by atoms with Gasteiger partial charge in [0.2, 0.25) is 10.0 Å². The summed E-state index contributed by atoms with van der Waals surface area (Å²) in [6.07, 6.45) is 3.59. The summed E-state index contributed by atoms with van der Waals surface area (Å²) in [7, 11) is -1.97. The van der Waals surface area contributed by atoms with E-state index in [0.29, 0.717) is 11.4 Å². The quantitative estimate of drug-likeness (QED) is 0.855. The Morgan fingerprint density at radius 1 is 1.04 bits per heavy atom. The lowest BCUT2D eigenvalue weighted by Gasteiger charge is -2.29. The molecular weight excluding hydrogens is 336 g/mol. The van der Waals surface area contributed by atoms with Gasteiger partial charge in [0, 0.05) is 18.8 Å². The summed E-state index contributed by atoms with van der Waals surface area (Å²) in [4.78, 5) is 2.29. The summed E-state index contributed by atoms with van der Waals surface area (Å²) in [5.74, 6) is 0.461. The van der Waals surface area contributed by atoms with Crippen molar-refractivity contribution in [2.24, 2.45) is 0 Å². The minimum Gasteiger partial charge on any atom is -0.495 e. The molecule has 5 nitrogen and oxygen atoms in total. The fourth-order valence-electron chi connectivity index (χ4n) is 3.12. The Morgan fingerprint density at radius 2 is 1.76 bits per heavy atom. The molecule has 0 amide bonds. The number of nitrogens with one attached hydrogen (secondary N) is 1. The molecule has 134 valence electrons. The van der Waals surface area contributed by atoms with Crippen LogP contribution in [0.4, 0.5) is 11.4 Å². The highest BCUT2D eigenvalue weighted by Crippen LogP contribution is 2.32. The Morgan fingerprint density at radius 3 is 2.44 bits per heavy atom. The highest BCUT2D eigenvalue weighted by Gasteiger charge is 2.17. The van der Waals surface area contributed by atoms with E-state index in [1.54, 1.807) is 19.2 Å². The number of hydrogen-bond acceptors (Lipinski definition) is 4. The van der Waals surface area contributed by atoms with Gasteiger partial charge in [-0.25, -0.2) is 8.42 Å². The first-order valence-electron chi connectivity index (χ1n) is 8.55. The molecule has 1 fully saturated rings. The Hall–Kier alpha value is -2.21. The van der Waals surface area contributed by atoms with Crippen LogP contribution in [-0.2, 0) is 15.8 Å². The average Bonchev–Trinajstić information content (AvgIpc) is 2.62. The van der Waals surface area contributed by atoms with Crippen LogP contribution in [0.2, 0.25) is 0 Å². The number of ether oxygens (including phenoxy) is 1. The number of methoxy groups -OCH3 is 1. The van der Waals surface area contributed by atoms with Crippen LogP contribution in [0, 0.1) is 0 Å². The largest absolute Gasteiger partial charge is 0.495 e. The molecule has 0 spiro atoms. The zero-order chi connectivity index (χ0) is 17.7. The minimum atomic E-state index is -3.52. The SMILES string of the molecule is COc1ccc(N2CCCCC2)cc1NS(=O)(=O)Cc1ccccc1. The van der Waals surface area contributed by atoms with Crippen molar-refractivity contribution < 1.29 is 13.2 Å². The fraction of sp³-hybridized carbons (Fsp3) is 0.368. The monoisotopic (exact) mass is 360 g/mol. The van der Waals surface area contributed by atoms with E-state index in [9.17, 15) is 8.42 Å². The first kappa shape index (κ1) is 17.6. The van der Waals surface area contributed by atoms with Crippen LogP contribution < -0.4 is 14.4 Å². The van der Waals surface area contributed by atoms with E-state index >= 15 is 0 Å². The van der Waals surface area contributed by atoms with Gasteiger partial charge in [-0.2, -0.15) is 0 Å². The number of hydrogen-bond donors (Lipinski definition) is 1. The molecule has 0 aromatic heterocycles. The van der Waals surface area contributed by atoms with E-state index in [0.717, 1.165) is 24.3 Å². The molecule has 0 aliphatic carbocycles. The Labute approximate surface area is 149 Å². The van der Waals surface area contributed by atoms with E-state index in [2.05, 4.69) is 9.62 Å². The van der Waals surface area contributed by atoms with Crippen LogP contribution in [0.1, 0.15) is 24.8 Å². The van der Waals surface area contributed by atoms with Gasteiger partial charge in [-0.15, -0.1) is 0 Å². The first-order chi connectivity index (χ1) is 12.1. The average molecular weight is 360 g/mol. The molecule has 3 rings (SSSR count). The van der Waals surface area contributed by atoms with E-state index in [-0.39, 0.29) is 5.75 Å². The summed E-state index contributed by atoms with van der Waals surface area (Å²) in [6, 6.07) is 14.8. The molecule has 0 bridgehead atoms. The van der Waals surface area contributed by atoms with Gasteiger partial charge in [0.15, 0.2) is 0 Å². The molecular formula is C19H24N2O3S. The molecule has 0 unspecified atom stereocenters.